The van der Waals surface area contributed by atoms with E-state index in [9.17, 15) is 0 Å². The monoisotopic (exact) mass is 193 g/mol. The molecule has 0 atom stereocenters. The van der Waals surface area contributed by atoms with Gasteiger partial charge in [-0.05, 0) is 51.1 Å². The predicted octanol–water partition coefficient (Wildman–Crippen LogP) is 2.24. The fourth-order valence-electron chi connectivity index (χ4n) is 1.39. The zero-order chi connectivity index (χ0) is 10.2. The van der Waals surface area contributed by atoms with E-state index in [1.54, 1.807) is 0 Å². The largest absolute Gasteiger partial charge is 0.494 e. The van der Waals surface area contributed by atoms with Gasteiger partial charge in [-0.1, -0.05) is 12.1 Å². The quantitative estimate of drug-likeness (QED) is 0.700. The van der Waals surface area contributed by atoms with Crippen LogP contribution in [-0.2, 0) is 6.42 Å². The third-order valence-corrected chi connectivity index (χ3v) is 2.13. The highest BCUT2D eigenvalue weighted by Gasteiger charge is 1.94. The highest BCUT2D eigenvalue weighted by molar-refractivity contribution is 5.27. The predicted molar refractivity (Wildman–Crippen MR) is 59.9 cm³/mol. The highest BCUT2D eigenvalue weighted by atomic mass is 16.5. The minimum Gasteiger partial charge on any atom is -0.494 e. The van der Waals surface area contributed by atoms with Crippen molar-refractivity contribution in [2.45, 2.75) is 19.8 Å². The summed E-state index contributed by atoms with van der Waals surface area (Å²) in [5.74, 6) is 0.963. The summed E-state index contributed by atoms with van der Waals surface area (Å²) >= 11 is 0. The molecule has 2 heteroatoms. The summed E-state index contributed by atoms with van der Waals surface area (Å²) in [4.78, 5) is 0. The molecule has 0 heterocycles. The van der Waals surface area contributed by atoms with Gasteiger partial charge >= 0.3 is 0 Å². The van der Waals surface area contributed by atoms with E-state index in [0.29, 0.717) is 0 Å². The molecular formula is C12H19NO. The second kappa shape index (κ2) is 6.44. The first-order valence-corrected chi connectivity index (χ1v) is 5.23. The summed E-state index contributed by atoms with van der Waals surface area (Å²) in [6, 6.07) is 8.36. The molecule has 0 radical (unpaired) electrons. The number of benzene rings is 1. The van der Waals surface area contributed by atoms with Gasteiger partial charge in [0.05, 0.1) is 6.61 Å². The second-order valence-corrected chi connectivity index (χ2v) is 3.28. The molecule has 1 N–H and O–H groups in total. The first-order chi connectivity index (χ1) is 6.86. The van der Waals surface area contributed by atoms with Gasteiger partial charge in [0.15, 0.2) is 0 Å². The second-order valence-electron chi connectivity index (χ2n) is 3.28. The lowest BCUT2D eigenvalue weighted by atomic mass is 10.1. The zero-order valence-corrected chi connectivity index (χ0v) is 9.05. The van der Waals surface area contributed by atoms with E-state index < -0.39 is 0 Å². The molecule has 0 aliphatic rings. The molecule has 0 saturated carbocycles. The molecule has 0 saturated heterocycles. The van der Waals surface area contributed by atoms with Gasteiger partial charge in [0.1, 0.15) is 5.75 Å². The number of nitrogens with one attached hydrogen (secondary N) is 1. The normalized spacial score (nSPS) is 10.1. The topological polar surface area (TPSA) is 21.3 Å². The van der Waals surface area contributed by atoms with Crippen molar-refractivity contribution in [2.75, 3.05) is 20.2 Å². The minimum absolute atomic E-state index is 0.735. The maximum atomic E-state index is 5.37. The number of rotatable bonds is 6. The summed E-state index contributed by atoms with van der Waals surface area (Å²) in [5.41, 5.74) is 1.38. The highest BCUT2D eigenvalue weighted by Crippen LogP contribution is 2.12. The van der Waals surface area contributed by atoms with Crippen molar-refractivity contribution in [3.63, 3.8) is 0 Å². The lowest BCUT2D eigenvalue weighted by molar-refractivity contribution is 0.340. The van der Waals surface area contributed by atoms with Crippen LogP contribution < -0.4 is 10.1 Å². The van der Waals surface area contributed by atoms with E-state index in [1.165, 1.54) is 12.0 Å². The van der Waals surface area contributed by atoms with Gasteiger partial charge in [-0.2, -0.15) is 0 Å². The molecule has 0 fully saturated rings. The molecule has 0 bridgehead atoms. The summed E-state index contributed by atoms with van der Waals surface area (Å²) < 4.78 is 5.37. The molecule has 0 amide bonds. The molecule has 1 aromatic rings. The van der Waals surface area contributed by atoms with Crippen molar-refractivity contribution in [3.05, 3.63) is 29.8 Å². The van der Waals surface area contributed by atoms with E-state index in [2.05, 4.69) is 17.4 Å². The Bertz CT molecular complexity index is 243. The van der Waals surface area contributed by atoms with E-state index in [0.717, 1.165) is 25.3 Å². The molecular weight excluding hydrogens is 174 g/mol. The first kappa shape index (κ1) is 11.1. The third-order valence-electron chi connectivity index (χ3n) is 2.13. The Hall–Kier alpha value is -1.02. The van der Waals surface area contributed by atoms with Crippen LogP contribution >= 0.6 is 0 Å². The number of hydrogen-bond donors (Lipinski definition) is 1. The van der Waals surface area contributed by atoms with Crippen molar-refractivity contribution in [1.82, 2.24) is 5.32 Å². The Morgan fingerprint density at radius 1 is 1.21 bits per heavy atom. The maximum absolute atomic E-state index is 5.37. The average Bonchev–Trinajstić information content (AvgIpc) is 2.21. The number of ether oxygens (including phenoxy) is 1. The maximum Gasteiger partial charge on any atom is 0.119 e. The Labute approximate surface area is 86.3 Å². The first-order valence-electron chi connectivity index (χ1n) is 5.23. The molecule has 0 aromatic heterocycles. The van der Waals surface area contributed by atoms with Gasteiger partial charge < -0.3 is 10.1 Å². The molecule has 0 unspecified atom stereocenters. The van der Waals surface area contributed by atoms with Crippen molar-refractivity contribution >= 4 is 0 Å². The van der Waals surface area contributed by atoms with Crippen molar-refractivity contribution in [3.8, 4) is 5.75 Å². The Morgan fingerprint density at radius 3 is 2.50 bits per heavy atom. The van der Waals surface area contributed by atoms with Crippen LogP contribution in [0.4, 0.5) is 0 Å². The van der Waals surface area contributed by atoms with E-state index in [-0.39, 0.29) is 0 Å². The third kappa shape index (κ3) is 3.79. The summed E-state index contributed by atoms with van der Waals surface area (Å²) in [6.07, 6.45) is 2.32. The van der Waals surface area contributed by atoms with Crippen molar-refractivity contribution in [1.29, 1.82) is 0 Å². The molecule has 0 spiro atoms. The van der Waals surface area contributed by atoms with Gasteiger partial charge in [-0.15, -0.1) is 0 Å². The number of hydrogen-bond acceptors (Lipinski definition) is 2. The van der Waals surface area contributed by atoms with Crippen LogP contribution in [0.3, 0.4) is 0 Å². The van der Waals surface area contributed by atoms with Crippen molar-refractivity contribution < 1.29 is 4.74 Å². The van der Waals surface area contributed by atoms with Crippen LogP contribution in [-0.4, -0.2) is 20.2 Å². The fraction of sp³-hybridized carbons (Fsp3) is 0.500. The van der Waals surface area contributed by atoms with Crippen LogP contribution in [0.5, 0.6) is 5.75 Å². The standard InChI is InChI=1S/C12H19NO/c1-3-14-12-8-6-11(7-9-12)5-4-10-13-2/h6-9,13H,3-5,10H2,1-2H3. The van der Waals surface area contributed by atoms with Crippen LogP contribution in [0.2, 0.25) is 0 Å². The molecule has 0 aliphatic heterocycles. The van der Waals surface area contributed by atoms with E-state index in [1.807, 2.05) is 26.1 Å². The van der Waals surface area contributed by atoms with Gasteiger partial charge in [0.2, 0.25) is 0 Å². The van der Waals surface area contributed by atoms with Crippen LogP contribution in [0.15, 0.2) is 24.3 Å². The molecule has 1 aromatic carbocycles. The fourth-order valence-corrected chi connectivity index (χ4v) is 1.39. The van der Waals surface area contributed by atoms with Crippen LogP contribution in [0.25, 0.3) is 0 Å². The Kier molecular flexibility index (Phi) is 5.08. The van der Waals surface area contributed by atoms with Gasteiger partial charge in [0, 0.05) is 0 Å². The lowest BCUT2D eigenvalue weighted by Crippen LogP contribution is -2.08. The van der Waals surface area contributed by atoms with Gasteiger partial charge in [0.25, 0.3) is 0 Å². The molecule has 2 nitrogen and oxygen atoms in total. The van der Waals surface area contributed by atoms with E-state index in [4.69, 9.17) is 4.74 Å². The van der Waals surface area contributed by atoms with Crippen LogP contribution in [0.1, 0.15) is 18.9 Å². The molecule has 1 rings (SSSR count). The Balaban J connectivity index is 2.38. The molecule has 78 valence electrons. The summed E-state index contributed by atoms with van der Waals surface area (Å²) in [6.45, 7) is 3.81. The van der Waals surface area contributed by atoms with Crippen molar-refractivity contribution in [2.24, 2.45) is 0 Å². The zero-order valence-electron chi connectivity index (χ0n) is 9.05. The number of aryl methyl sites for hydroxylation is 1. The van der Waals surface area contributed by atoms with Gasteiger partial charge in [-0.25, -0.2) is 0 Å². The van der Waals surface area contributed by atoms with Crippen LogP contribution in [0, 0.1) is 0 Å². The summed E-state index contributed by atoms with van der Waals surface area (Å²) in [7, 11) is 1.98. The molecule has 14 heavy (non-hydrogen) atoms. The average molecular weight is 193 g/mol. The molecule has 0 aliphatic carbocycles. The summed E-state index contributed by atoms with van der Waals surface area (Å²) in [5, 5.41) is 3.14. The van der Waals surface area contributed by atoms with E-state index >= 15 is 0 Å². The smallest absolute Gasteiger partial charge is 0.119 e. The van der Waals surface area contributed by atoms with Gasteiger partial charge in [-0.3, -0.25) is 0 Å². The minimum atomic E-state index is 0.735. The Morgan fingerprint density at radius 2 is 1.93 bits per heavy atom. The lowest BCUT2D eigenvalue weighted by Gasteiger charge is -2.04. The SMILES string of the molecule is CCOc1ccc(CCCNC)cc1.